The van der Waals surface area contributed by atoms with Gasteiger partial charge in [0.2, 0.25) is 5.72 Å². The number of hydrogen-bond donors (Lipinski definition) is 2. The first-order valence-corrected chi connectivity index (χ1v) is 8.20. The van der Waals surface area contributed by atoms with E-state index in [1.54, 1.807) is 54.6 Å². The number of halogens is 3. The van der Waals surface area contributed by atoms with Crippen LogP contribution in [0.4, 0.5) is 13.2 Å². The minimum atomic E-state index is -4.92. The molecule has 2 aromatic carbocycles. The van der Waals surface area contributed by atoms with Gasteiger partial charge >= 0.3 is 6.18 Å². The molecule has 1 aliphatic rings. The number of methoxy groups -OCH3 is 1. The molecule has 0 spiro atoms. The fourth-order valence-corrected chi connectivity index (χ4v) is 3.17. The molecule has 2 atom stereocenters. The highest BCUT2D eigenvalue weighted by atomic mass is 19.4. The number of nitriles is 1. The zero-order valence-electron chi connectivity index (χ0n) is 14.4. The monoisotopic (exact) mass is 374 g/mol. The summed E-state index contributed by atoms with van der Waals surface area (Å²) in [5.74, 6) is -0.375. The Hall–Kier alpha value is -2.98. The van der Waals surface area contributed by atoms with Crippen molar-refractivity contribution in [2.45, 2.75) is 24.2 Å². The molecule has 7 heteroatoms. The minimum Gasteiger partial charge on any atom is -0.497 e. The summed E-state index contributed by atoms with van der Waals surface area (Å²) in [5, 5.41) is 22.2. The van der Waals surface area contributed by atoms with E-state index in [0.717, 1.165) is 0 Å². The van der Waals surface area contributed by atoms with Crippen molar-refractivity contribution in [2.24, 2.45) is 0 Å². The quantitative estimate of drug-likeness (QED) is 0.854. The standard InChI is InChI=1S/C20H17F3N2O2/c1-27-15-9-7-14(8-10-15)18-17(12-24)16(13-5-3-2-4-6-13)11-19(26,25-18)20(21,22)23/h2-10,16,25-26H,11H2,1H3/t16-,19-/m1/s1. The minimum absolute atomic E-state index is 0.0416. The van der Waals surface area contributed by atoms with Gasteiger partial charge in [-0.2, -0.15) is 18.4 Å². The Labute approximate surface area is 154 Å². The van der Waals surface area contributed by atoms with Crippen LogP contribution in [0, 0.1) is 11.3 Å². The van der Waals surface area contributed by atoms with Crippen molar-refractivity contribution in [3.8, 4) is 11.8 Å². The lowest BCUT2D eigenvalue weighted by atomic mass is 9.79. The molecule has 2 aromatic rings. The predicted molar refractivity (Wildman–Crippen MR) is 93.5 cm³/mol. The van der Waals surface area contributed by atoms with Gasteiger partial charge in [-0.3, -0.25) is 0 Å². The first-order valence-electron chi connectivity index (χ1n) is 8.20. The van der Waals surface area contributed by atoms with Crippen LogP contribution in [0.5, 0.6) is 5.75 Å². The van der Waals surface area contributed by atoms with E-state index >= 15 is 0 Å². The van der Waals surface area contributed by atoms with Gasteiger partial charge in [0.25, 0.3) is 0 Å². The van der Waals surface area contributed by atoms with E-state index < -0.39 is 24.2 Å². The Bertz CT molecular complexity index is 886. The van der Waals surface area contributed by atoms with Crippen LogP contribution in [-0.4, -0.2) is 24.1 Å². The van der Waals surface area contributed by atoms with E-state index in [4.69, 9.17) is 4.74 Å². The number of allylic oxidation sites excluding steroid dienone is 1. The van der Waals surface area contributed by atoms with Crippen LogP contribution in [0.25, 0.3) is 5.70 Å². The van der Waals surface area contributed by atoms with E-state index in [9.17, 15) is 23.5 Å². The van der Waals surface area contributed by atoms with Crippen LogP contribution in [0.2, 0.25) is 0 Å². The second kappa shape index (κ2) is 6.97. The molecule has 1 aliphatic heterocycles. The summed E-state index contributed by atoms with van der Waals surface area (Å²) < 4.78 is 45.9. The average Bonchev–Trinajstić information content (AvgIpc) is 2.67. The summed E-state index contributed by atoms with van der Waals surface area (Å²) in [6, 6.07) is 16.7. The predicted octanol–water partition coefficient (Wildman–Crippen LogP) is 3.96. The molecule has 4 nitrogen and oxygen atoms in total. The fraction of sp³-hybridized carbons (Fsp3) is 0.250. The lowest BCUT2D eigenvalue weighted by molar-refractivity contribution is -0.272. The summed E-state index contributed by atoms with van der Waals surface area (Å²) in [4.78, 5) is 0. The number of nitrogens with one attached hydrogen (secondary N) is 1. The molecule has 0 saturated carbocycles. The normalized spacial score (nSPS) is 22.7. The molecule has 27 heavy (non-hydrogen) atoms. The Morgan fingerprint density at radius 2 is 1.78 bits per heavy atom. The third-order valence-corrected chi connectivity index (χ3v) is 4.62. The maximum absolute atomic E-state index is 13.6. The van der Waals surface area contributed by atoms with Crippen LogP contribution in [-0.2, 0) is 0 Å². The Balaban J connectivity index is 2.18. The fourth-order valence-electron chi connectivity index (χ4n) is 3.17. The number of rotatable bonds is 3. The van der Waals surface area contributed by atoms with Gasteiger partial charge in [0.05, 0.1) is 24.4 Å². The average molecular weight is 374 g/mol. The second-order valence-electron chi connectivity index (χ2n) is 6.28. The maximum Gasteiger partial charge on any atom is 0.436 e. The number of aliphatic hydroxyl groups is 1. The topological polar surface area (TPSA) is 65.3 Å². The van der Waals surface area contributed by atoms with E-state index in [2.05, 4.69) is 5.32 Å². The largest absolute Gasteiger partial charge is 0.497 e. The first-order chi connectivity index (χ1) is 12.8. The van der Waals surface area contributed by atoms with Crippen molar-refractivity contribution in [3.05, 3.63) is 71.3 Å². The van der Waals surface area contributed by atoms with Crippen LogP contribution in [0.15, 0.2) is 60.2 Å². The van der Waals surface area contributed by atoms with Gasteiger partial charge in [-0.15, -0.1) is 0 Å². The SMILES string of the molecule is COc1ccc(C2=C(C#N)[C@@H](c3ccccc3)C[C@@](O)(C(F)(F)F)N2)cc1. The highest BCUT2D eigenvalue weighted by molar-refractivity contribution is 5.74. The Kier molecular flexibility index (Phi) is 4.85. The third-order valence-electron chi connectivity index (χ3n) is 4.62. The van der Waals surface area contributed by atoms with Crippen LogP contribution in [0.1, 0.15) is 23.5 Å². The van der Waals surface area contributed by atoms with Gasteiger partial charge in [0.15, 0.2) is 0 Å². The number of alkyl halides is 3. The molecular formula is C20H17F3N2O2. The number of hydrogen-bond acceptors (Lipinski definition) is 4. The second-order valence-corrected chi connectivity index (χ2v) is 6.28. The number of ether oxygens (including phenoxy) is 1. The molecule has 0 radical (unpaired) electrons. The molecule has 0 aliphatic carbocycles. The molecule has 0 saturated heterocycles. The molecule has 0 fully saturated rings. The molecule has 2 N–H and O–H groups in total. The van der Waals surface area contributed by atoms with Crippen LogP contribution in [0.3, 0.4) is 0 Å². The van der Waals surface area contributed by atoms with Gasteiger partial charge in [-0.05, 0) is 35.4 Å². The van der Waals surface area contributed by atoms with Gasteiger partial charge in [0, 0.05) is 12.3 Å². The van der Waals surface area contributed by atoms with E-state index in [0.29, 0.717) is 16.9 Å². The van der Waals surface area contributed by atoms with Gasteiger partial charge in [-0.25, -0.2) is 0 Å². The number of benzene rings is 2. The number of nitrogens with zero attached hydrogens (tertiary/aromatic N) is 1. The van der Waals surface area contributed by atoms with Crippen LogP contribution >= 0.6 is 0 Å². The van der Waals surface area contributed by atoms with Gasteiger partial charge in [-0.1, -0.05) is 30.3 Å². The first kappa shape index (κ1) is 18.8. The van der Waals surface area contributed by atoms with Crippen molar-refractivity contribution >= 4 is 5.70 Å². The third kappa shape index (κ3) is 3.49. The molecule has 140 valence electrons. The molecule has 0 unspecified atom stereocenters. The smallest absolute Gasteiger partial charge is 0.436 e. The van der Waals surface area contributed by atoms with Crippen molar-refractivity contribution < 1.29 is 23.0 Å². The molecular weight excluding hydrogens is 357 g/mol. The summed E-state index contributed by atoms with van der Waals surface area (Å²) >= 11 is 0. The highest BCUT2D eigenvalue weighted by Gasteiger charge is 2.58. The lowest BCUT2D eigenvalue weighted by Gasteiger charge is -2.40. The molecule has 0 aromatic heterocycles. The highest BCUT2D eigenvalue weighted by Crippen LogP contribution is 2.45. The molecule has 0 amide bonds. The van der Waals surface area contributed by atoms with Crippen molar-refractivity contribution in [1.29, 1.82) is 5.26 Å². The van der Waals surface area contributed by atoms with E-state index in [1.807, 2.05) is 6.07 Å². The van der Waals surface area contributed by atoms with E-state index in [-0.39, 0.29) is 11.3 Å². The summed E-state index contributed by atoms with van der Waals surface area (Å²) in [7, 11) is 1.47. The van der Waals surface area contributed by atoms with Crippen molar-refractivity contribution in [1.82, 2.24) is 5.32 Å². The van der Waals surface area contributed by atoms with Gasteiger partial charge < -0.3 is 15.2 Å². The summed E-state index contributed by atoms with van der Waals surface area (Å²) in [6.07, 6.45) is -5.61. The lowest BCUT2D eigenvalue weighted by Crippen LogP contribution is -2.59. The van der Waals surface area contributed by atoms with Crippen molar-refractivity contribution in [3.63, 3.8) is 0 Å². The Morgan fingerprint density at radius 3 is 2.30 bits per heavy atom. The van der Waals surface area contributed by atoms with Crippen LogP contribution < -0.4 is 10.1 Å². The molecule has 3 rings (SSSR count). The summed E-state index contributed by atoms with van der Waals surface area (Å²) in [6.45, 7) is 0. The van der Waals surface area contributed by atoms with E-state index in [1.165, 1.54) is 7.11 Å². The zero-order chi connectivity index (χ0) is 19.7. The molecule has 1 heterocycles. The van der Waals surface area contributed by atoms with Gasteiger partial charge in [0.1, 0.15) is 5.75 Å². The van der Waals surface area contributed by atoms with Crippen molar-refractivity contribution in [2.75, 3.05) is 7.11 Å². The molecule has 0 bridgehead atoms. The summed E-state index contributed by atoms with van der Waals surface area (Å²) in [5.41, 5.74) is -2.16. The zero-order valence-corrected chi connectivity index (χ0v) is 14.4. The maximum atomic E-state index is 13.6. The Morgan fingerprint density at radius 1 is 1.15 bits per heavy atom.